The molecule has 0 aromatic heterocycles. The van der Waals surface area contributed by atoms with E-state index in [-0.39, 0.29) is 35.0 Å². The van der Waals surface area contributed by atoms with Crippen LogP contribution in [-0.4, -0.2) is 90.1 Å². The van der Waals surface area contributed by atoms with Gasteiger partial charge in [0.05, 0.1) is 22.6 Å². The number of sulfone groups is 1. The number of carbonyl (C=O) groups excluding carboxylic acids is 5. The molecule has 4 N–H and O–H groups in total. The zero-order valence-corrected chi connectivity index (χ0v) is 30.2. The lowest BCUT2D eigenvalue weighted by Gasteiger charge is -2.47. The molecule has 6 rings (SSSR count). The molecular formula is C36H57N5O7S. The number of hydrogen-bond donors (Lipinski definition) is 4. The molecule has 3 saturated heterocycles. The van der Waals surface area contributed by atoms with Crippen LogP contribution in [0.1, 0.15) is 129 Å². The highest BCUT2D eigenvalue weighted by atomic mass is 32.2. The summed E-state index contributed by atoms with van der Waals surface area (Å²) in [6.45, 7) is 4.55. The summed E-state index contributed by atoms with van der Waals surface area (Å²) < 4.78 is 25.5. The number of urea groups is 1. The molecular weight excluding hydrogens is 646 g/mol. The van der Waals surface area contributed by atoms with Gasteiger partial charge in [-0.25, -0.2) is 13.2 Å². The maximum Gasteiger partial charge on any atom is 0.315 e. The molecule has 6 fully saturated rings. The Morgan fingerprint density at radius 3 is 2.00 bits per heavy atom. The highest BCUT2D eigenvalue weighted by Crippen LogP contribution is 2.65. The van der Waals surface area contributed by atoms with Crippen LogP contribution in [-0.2, 0) is 29.0 Å². The van der Waals surface area contributed by atoms with Gasteiger partial charge in [0.15, 0.2) is 9.84 Å². The highest BCUT2D eigenvalue weighted by Gasteiger charge is 2.69. The Balaban J connectivity index is 1.21. The van der Waals surface area contributed by atoms with E-state index >= 15 is 0 Å². The molecule has 0 aromatic rings. The first kappa shape index (κ1) is 36.1. The summed E-state index contributed by atoms with van der Waals surface area (Å²) in [4.78, 5) is 70.1. The Kier molecular flexibility index (Phi) is 10.7. The normalized spacial score (nSPS) is 34.5. The average molecular weight is 704 g/mol. The first-order chi connectivity index (χ1) is 23.3. The van der Waals surface area contributed by atoms with Crippen LogP contribution in [0.2, 0.25) is 0 Å². The second-order valence-corrected chi connectivity index (χ2v) is 18.8. The van der Waals surface area contributed by atoms with E-state index in [1.807, 2.05) is 0 Å². The van der Waals surface area contributed by atoms with Gasteiger partial charge in [0, 0.05) is 12.6 Å². The smallest absolute Gasteiger partial charge is 0.315 e. The standard InChI is InChI=1S/C36H57N5O7S/c1-35(2)24-22-41-29(28(24)35)31(43)38-25(30(42)32(44)37-23-16-17-23)14-10-7-5-3-4-6-8-11-15-26(33(41)45)39-34(46)40-36(19-12-9-13-20-36)27-18-21-49(27,47)48/h23-29H,3-22H2,1-2H3,(H,37,44)(H,38,43)(H2,39,40,46)/t24-,25-,26-,27-,28-,29-/m0/s1. The molecule has 0 bridgehead atoms. The number of ketones is 1. The van der Waals surface area contributed by atoms with Crippen LogP contribution in [0.5, 0.6) is 0 Å². The van der Waals surface area contributed by atoms with Crippen molar-refractivity contribution in [1.82, 2.24) is 26.2 Å². The zero-order valence-electron chi connectivity index (χ0n) is 29.4. The number of fused-ring (bicyclic) bond motifs is 3. The van der Waals surface area contributed by atoms with Crippen LogP contribution in [0.4, 0.5) is 4.79 Å². The minimum Gasteiger partial charge on any atom is -0.347 e. The van der Waals surface area contributed by atoms with Crippen molar-refractivity contribution in [3.05, 3.63) is 0 Å². The third kappa shape index (κ3) is 7.81. The van der Waals surface area contributed by atoms with Crippen molar-refractivity contribution in [1.29, 1.82) is 0 Å². The second kappa shape index (κ2) is 14.5. The number of nitrogens with zero attached hydrogens (tertiary/aromatic N) is 1. The van der Waals surface area contributed by atoms with Gasteiger partial charge in [-0.3, -0.25) is 19.2 Å². The Bertz CT molecular complexity index is 1410. The van der Waals surface area contributed by atoms with Gasteiger partial charge >= 0.3 is 6.03 Å². The van der Waals surface area contributed by atoms with E-state index in [2.05, 4.69) is 35.1 Å². The molecule has 3 aliphatic heterocycles. The molecule has 0 aromatic carbocycles. The monoisotopic (exact) mass is 703 g/mol. The quantitative estimate of drug-likeness (QED) is 0.308. The molecule has 3 saturated carbocycles. The van der Waals surface area contributed by atoms with Gasteiger partial charge in [-0.15, -0.1) is 0 Å². The minimum atomic E-state index is -3.27. The summed E-state index contributed by atoms with van der Waals surface area (Å²) in [5.41, 5.74) is -1.00. The number of hydrogen-bond acceptors (Lipinski definition) is 7. The first-order valence-corrected chi connectivity index (χ1v) is 20.8. The third-order valence-corrected chi connectivity index (χ3v) is 15.0. The van der Waals surface area contributed by atoms with Crippen molar-refractivity contribution >= 4 is 39.4 Å². The van der Waals surface area contributed by atoms with Gasteiger partial charge in [0.25, 0.3) is 5.91 Å². The molecule has 0 radical (unpaired) electrons. The van der Waals surface area contributed by atoms with Crippen LogP contribution < -0.4 is 21.3 Å². The Labute approximate surface area is 291 Å². The maximum atomic E-state index is 14.4. The topological polar surface area (TPSA) is 171 Å². The van der Waals surface area contributed by atoms with E-state index in [4.69, 9.17) is 0 Å². The molecule has 3 aliphatic carbocycles. The van der Waals surface area contributed by atoms with Gasteiger partial charge in [-0.1, -0.05) is 84.5 Å². The van der Waals surface area contributed by atoms with E-state index in [9.17, 15) is 32.4 Å². The molecule has 0 unspecified atom stereocenters. The predicted molar refractivity (Wildman–Crippen MR) is 184 cm³/mol. The Morgan fingerprint density at radius 1 is 0.796 bits per heavy atom. The van der Waals surface area contributed by atoms with Gasteiger partial charge < -0.3 is 26.2 Å². The van der Waals surface area contributed by atoms with Gasteiger partial charge in [0.2, 0.25) is 17.6 Å². The molecule has 274 valence electrons. The Hall–Kier alpha value is -2.70. The van der Waals surface area contributed by atoms with E-state index in [1.165, 1.54) is 0 Å². The number of carbonyl (C=O) groups is 5. The molecule has 12 nitrogen and oxygen atoms in total. The molecule has 49 heavy (non-hydrogen) atoms. The SMILES string of the molecule is CC1(C)[C@@H]2[C@H]3C(=O)N[C@H](C(=O)C(=O)NC4CC4)CCCCCCCCCC[C@H](NC(=O)NC4([C@@H]5CCS5(=O)=O)CCCCC4)C(=O)N3C[C@@H]21. The van der Waals surface area contributed by atoms with E-state index in [0.717, 1.165) is 77.0 Å². The minimum absolute atomic E-state index is 0.0194. The predicted octanol–water partition coefficient (Wildman–Crippen LogP) is 3.27. The van der Waals surface area contributed by atoms with Crippen molar-refractivity contribution in [3.63, 3.8) is 0 Å². The Morgan fingerprint density at radius 2 is 1.41 bits per heavy atom. The summed E-state index contributed by atoms with van der Waals surface area (Å²) in [5.74, 6) is -1.91. The lowest BCUT2D eigenvalue weighted by Crippen LogP contribution is -2.66. The lowest BCUT2D eigenvalue weighted by molar-refractivity contribution is -0.144. The fraction of sp³-hybridized carbons (Fsp3) is 0.861. The van der Waals surface area contributed by atoms with Gasteiger partial charge in [0.1, 0.15) is 12.1 Å². The van der Waals surface area contributed by atoms with Crippen LogP contribution in [0.25, 0.3) is 0 Å². The number of Topliss-reactive ketones (excluding diaryl/α,β-unsaturated/α-hetero) is 1. The zero-order chi connectivity index (χ0) is 35.0. The summed E-state index contributed by atoms with van der Waals surface area (Å²) >= 11 is 0. The van der Waals surface area contributed by atoms with E-state index in [0.29, 0.717) is 45.1 Å². The number of nitrogens with one attached hydrogen (secondary N) is 4. The highest BCUT2D eigenvalue weighted by molar-refractivity contribution is 7.93. The number of rotatable bonds is 6. The lowest BCUT2D eigenvalue weighted by atomic mass is 9.78. The van der Waals surface area contributed by atoms with Gasteiger partial charge in [-0.05, 0) is 62.2 Å². The molecule has 6 aliphatic rings. The fourth-order valence-electron chi connectivity index (χ4n) is 9.38. The van der Waals surface area contributed by atoms with Crippen LogP contribution in [0.15, 0.2) is 0 Å². The van der Waals surface area contributed by atoms with Gasteiger partial charge in [-0.2, -0.15) is 0 Å². The third-order valence-electron chi connectivity index (χ3n) is 12.7. The van der Waals surface area contributed by atoms with Crippen LogP contribution in [0.3, 0.4) is 0 Å². The van der Waals surface area contributed by atoms with Crippen molar-refractivity contribution in [2.75, 3.05) is 12.3 Å². The second-order valence-electron chi connectivity index (χ2n) is 16.5. The van der Waals surface area contributed by atoms with E-state index in [1.54, 1.807) is 4.90 Å². The van der Waals surface area contributed by atoms with Crippen molar-refractivity contribution in [2.24, 2.45) is 17.3 Å². The van der Waals surface area contributed by atoms with Crippen LogP contribution in [0, 0.1) is 17.3 Å². The van der Waals surface area contributed by atoms with Crippen LogP contribution >= 0.6 is 0 Å². The summed E-state index contributed by atoms with van der Waals surface area (Å²) in [7, 11) is -3.27. The number of amides is 5. The summed E-state index contributed by atoms with van der Waals surface area (Å²) in [5, 5.41) is 11.1. The molecule has 0 spiro atoms. The summed E-state index contributed by atoms with van der Waals surface area (Å²) in [6, 6.07) is -3.18. The van der Waals surface area contributed by atoms with E-state index < -0.39 is 62.4 Å². The summed E-state index contributed by atoms with van der Waals surface area (Å²) in [6.07, 6.45) is 14.2. The first-order valence-electron chi connectivity index (χ1n) is 19.1. The maximum absolute atomic E-state index is 14.4. The van der Waals surface area contributed by atoms with Crippen molar-refractivity contribution < 1.29 is 32.4 Å². The number of piperidine rings is 1. The molecule has 5 amide bonds. The molecule has 13 heteroatoms. The van der Waals surface area contributed by atoms with Crippen molar-refractivity contribution in [2.45, 2.75) is 164 Å². The van der Waals surface area contributed by atoms with Crippen molar-refractivity contribution in [3.8, 4) is 0 Å². The molecule has 3 heterocycles. The fourth-order valence-corrected chi connectivity index (χ4v) is 11.2. The average Bonchev–Trinajstić information content (AvgIpc) is 3.90. The largest absolute Gasteiger partial charge is 0.347 e. The molecule has 6 atom stereocenters.